The van der Waals surface area contributed by atoms with E-state index < -0.39 is 41.2 Å². The maximum Gasteiger partial charge on any atom is 0.306 e. The van der Waals surface area contributed by atoms with Crippen molar-refractivity contribution in [3.63, 3.8) is 0 Å². The number of ketones is 1. The maximum absolute atomic E-state index is 12.3. The summed E-state index contributed by atoms with van der Waals surface area (Å²) in [7, 11) is 0. The summed E-state index contributed by atoms with van der Waals surface area (Å²) in [4.78, 5) is 44.7. The Bertz CT molecular complexity index is 453. The number of nitrogens with one attached hydrogen (secondary N) is 1. The molecule has 0 spiro atoms. The SMILES string of the molecule is CC(C)(C)N[C@H](CCC(=O)O)C(=O)C[C@H](CCC(=O)O)C(=O)O. The molecule has 0 aliphatic heterocycles. The topological polar surface area (TPSA) is 141 Å². The quantitative estimate of drug-likeness (QED) is 0.441. The van der Waals surface area contributed by atoms with Crippen LogP contribution in [0.1, 0.15) is 52.9 Å². The maximum atomic E-state index is 12.3. The van der Waals surface area contributed by atoms with Gasteiger partial charge in [0, 0.05) is 24.8 Å². The Kier molecular flexibility index (Phi) is 8.45. The van der Waals surface area contributed by atoms with Crippen LogP contribution in [0.2, 0.25) is 0 Å². The van der Waals surface area contributed by atoms with Crippen LogP contribution in [0, 0.1) is 5.92 Å². The molecule has 0 radical (unpaired) electrons. The highest BCUT2D eigenvalue weighted by Crippen LogP contribution is 2.16. The van der Waals surface area contributed by atoms with Crippen LogP contribution in [0.4, 0.5) is 0 Å². The molecule has 8 heteroatoms. The van der Waals surface area contributed by atoms with Crippen LogP contribution in [0.25, 0.3) is 0 Å². The van der Waals surface area contributed by atoms with E-state index in [1.165, 1.54) is 0 Å². The average Bonchev–Trinajstić information content (AvgIpc) is 2.36. The second kappa shape index (κ2) is 9.24. The molecule has 4 N–H and O–H groups in total. The molecule has 0 saturated heterocycles. The molecule has 0 unspecified atom stereocenters. The summed E-state index contributed by atoms with van der Waals surface area (Å²) in [6.07, 6.45) is -0.965. The van der Waals surface area contributed by atoms with Gasteiger partial charge in [-0.3, -0.25) is 19.2 Å². The first-order chi connectivity index (χ1) is 10.4. The number of hydrogen-bond acceptors (Lipinski definition) is 5. The summed E-state index contributed by atoms with van der Waals surface area (Å²) in [5, 5.41) is 29.5. The standard InChI is InChI=1S/C15H25NO7/c1-15(2,3)16-10(5-7-13(20)21)11(17)8-9(14(22)23)4-6-12(18)19/h9-10,16H,4-8H2,1-3H3,(H,18,19)(H,20,21)(H,22,23)/t9-,10+/m0/s1. The van der Waals surface area contributed by atoms with Gasteiger partial charge in [-0.1, -0.05) is 0 Å². The Morgan fingerprint density at radius 3 is 1.78 bits per heavy atom. The average molecular weight is 331 g/mol. The highest BCUT2D eigenvalue weighted by atomic mass is 16.4. The van der Waals surface area contributed by atoms with Crippen LogP contribution in [0.5, 0.6) is 0 Å². The largest absolute Gasteiger partial charge is 0.481 e. The molecule has 0 aliphatic rings. The summed E-state index contributed by atoms with van der Waals surface area (Å²) in [5.74, 6) is -4.91. The summed E-state index contributed by atoms with van der Waals surface area (Å²) in [6.45, 7) is 5.44. The van der Waals surface area contributed by atoms with Crippen molar-refractivity contribution >= 4 is 23.7 Å². The lowest BCUT2D eigenvalue weighted by Gasteiger charge is -2.28. The lowest BCUT2D eigenvalue weighted by molar-refractivity contribution is -0.145. The van der Waals surface area contributed by atoms with Crippen LogP contribution in [-0.4, -0.2) is 50.6 Å². The normalized spacial score (nSPS) is 14.0. The Morgan fingerprint density at radius 2 is 1.39 bits per heavy atom. The first-order valence-corrected chi connectivity index (χ1v) is 7.39. The van der Waals surface area contributed by atoms with Gasteiger partial charge in [-0.2, -0.15) is 0 Å². The number of carboxylic acids is 3. The zero-order chi connectivity index (χ0) is 18.2. The monoisotopic (exact) mass is 331 g/mol. The molecule has 0 rings (SSSR count). The van der Waals surface area contributed by atoms with E-state index in [1.54, 1.807) is 0 Å². The van der Waals surface area contributed by atoms with Gasteiger partial charge >= 0.3 is 17.9 Å². The number of hydrogen-bond donors (Lipinski definition) is 4. The van der Waals surface area contributed by atoms with Crippen molar-refractivity contribution < 1.29 is 34.5 Å². The molecule has 23 heavy (non-hydrogen) atoms. The Labute approximate surface area is 134 Å². The first-order valence-electron chi connectivity index (χ1n) is 7.39. The van der Waals surface area contributed by atoms with Gasteiger partial charge in [0.25, 0.3) is 0 Å². The number of carbonyl (C=O) groups is 4. The van der Waals surface area contributed by atoms with E-state index >= 15 is 0 Å². The molecular formula is C15H25NO7. The van der Waals surface area contributed by atoms with Crippen molar-refractivity contribution in [1.82, 2.24) is 5.32 Å². The van der Waals surface area contributed by atoms with Crippen LogP contribution in [0.3, 0.4) is 0 Å². The molecule has 0 aliphatic carbocycles. The minimum Gasteiger partial charge on any atom is -0.481 e. The van der Waals surface area contributed by atoms with Crippen LogP contribution >= 0.6 is 0 Å². The van der Waals surface area contributed by atoms with E-state index in [4.69, 9.17) is 15.3 Å². The van der Waals surface area contributed by atoms with Gasteiger partial charge in [-0.05, 0) is 33.6 Å². The van der Waals surface area contributed by atoms with Gasteiger partial charge in [-0.25, -0.2) is 0 Å². The van der Waals surface area contributed by atoms with Gasteiger partial charge in [0.15, 0.2) is 5.78 Å². The van der Waals surface area contributed by atoms with Crippen molar-refractivity contribution in [1.29, 1.82) is 0 Å². The summed E-state index contributed by atoms with van der Waals surface area (Å²) < 4.78 is 0. The first kappa shape index (κ1) is 21.0. The van der Waals surface area contributed by atoms with Crippen molar-refractivity contribution in [2.75, 3.05) is 0 Å². The minimum absolute atomic E-state index is 0.0523. The molecular weight excluding hydrogens is 306 g/mol. The molecule has 0 aromatic heterocycles. The highest BCUT2D eigenvalue weighted by molar-refractivity contribution is 5.88. The molecule has 0 bridgehead atoms. The van der Waals surface area contributed by atoms with Crippen LogP contribution in [-0.2, 0) is 19.2 Å². The molecule has 0 aromatic carbocycles. The fourth-order valence-electron chi connectivity index (χ4n) is 2.10. The van der Waals surface area contributed by atoms with Gasteiger partial charge in [0.05, 0.1) is 12.0 Å². The summed E-state index contributed by atoms with van der Waals surface area (Å²) >= 11 is 0. The molecule has 2 atom stereocenters. The fourth-order valence-corrected chi connectivity index (χ4v) is 2.10. The molecule has 0 heterocycles. The zero-order valence-electron chi connectivity index (χ0n) is 13.7. The third-order valence-corrected chi connectivity index (χ3v) is 3.15. The summed E-state index contributed by atoms with van der Waals surface area (Å²) in [5.41, 5.74) is -0.446. The van der Waals surface area contributed by atoms with Crippen molar-refractivity contribution in [2.45, 2.75) is 64.5 Å². The van der Waals surface area contributed by atoms with Gasteiger partial charge in [0.1, 0.15) is 0 Å². The number of carbonyl (C=O) groups excluding carboxylic acids is 1. The van der Waals surface area contributed by atoms with Crippen LogP contribution in [0.15, 0.2) is 0 Å². The third kappa shape index (κ3) is 10.4. The number of rotatable bonds is 11. The molecule has 0 fully saturated rings. The Morgan fingerprint density at radius 1 is 0.913 bits per heavy atom. The predicted molar refractivity (Wildman–Crippen MR) is 81.2 cm³/mol. The van der Waals surface area contributed by atoms with Crippen molar-refractivity contribution in [3.05, 3.63) is 0 Å². The molecule has 8 nitrogen and oxygen atoms in total. The zero-order valence-corrected chi connectivity index (χ0v) is 13.7. The second-order valence-corrected chi connectivity index (χ2v) is 6.52. The fraction of sp³-hybridized carbons (Fsp3) is 0.733. The minimum atomic E-state index is -1.23. The number of aliphatic carboxylic acids is 3. The van der Waals surface area contributed by atoms with E-state index in [1.807, 2.05) is 20.8 Å². The van der Waals surface area contributed by atoms with Crippen LogP contribution < -0.4 is 5.32 Å². The lowest BCUT2D eigenvalue weighted by Crippen LogP contribution is -2.48. The van der Waals surface area contributed by atoms with E-state index in [0.29, 0.717) is 0 Å². The summed E-state index contributed by atoms with van der Waals surface area (Å²) in [6, 6.07) is -0.780. The Balaban J connectivity index is 4.91. The smallest absolute Gasteiger partial charge is 0.306 e. The molecule has 0 amide bonds. The third-order valence-electron chi connectivity index (χ3n) is 3.15. The van der Waals surface area contributed by atoms with Gasteiger partial charge in [0.2, 0.25) is 0 Å². The molecule has 132 valence electrons. The lowest BCUT2D eigenvalue weighted by atomic mass is 9.91. The molecule has 0 aromatic rings. The molecule has 0 saturated carbocycles. The van der Waals surface area contributed by atoms with E-state index in [-0.39, 0.29) is 32.1 Å². The highest BCUT2D eigenvalue weighted by Gasteiger charge is 2.29. The van der Waals surface area contributed by atoms with E-state index in [2.05, 4.69) is 5.32 Å². The van der Waals surface area contributed by atoms with Crippen molar-refractivity contribution in [2.24, 2.45) is 5.92 Å². The Hall–Kier alpha value is -1.96. The van der Waals surface area contributed by atoms with Gasteiger partial charge < -0.3 is 20.6 Å². The van der Waals surface area contributed by atoms with Gasteiger partial charge in [-0.15, -0.1) is 0 Å². The van der Waals surface area contributed by atoms with E-state index in [0.717, 1.165) is 0 Å². The predicted octanol–water partition coefficient (Wildman–Crippen LogP) is 1.13. The number of carboxylic acid groups (broad SMARTS) is 3. The number of Topliss-reactive ketones (excluding diaryl/α,β-unsaturated/α-hetero) is 1. The van der Waals surface area contributed by atoms with E-state index in [9.17, 15) is 19.2 Å². The second-order valence-electron chi connectivity index (χ2n) is 6.52. The van der Waals surface area contributed by atoms with Crippen molar-refractivity contribution in [3.8, 4) is 0 Å².